The van der Waals surface area contributed by atoms with E-state index >= 15 is 0 Å². The third kappa shape index (κ3) is 4.23. The van der Waals surface area contributed by atoms with E-state index in [0.29, 0.717) is 16.0 Å². The number of aromatic hydroxyl groups is 1. The maximum atomic E-state index is 12.4. The number of benzene rings is 1. The molecule has 0 saturated heterocycles. The average Bonchev–Trinajstić information content (AvgIpc) is 2.65. The van der Waals surface area contributed by atoms with Crippen LogP contribution in [0.2, 0.25) is 0 Å². The summed E-state index contributed by atoms with van der Waals surface area (Å²) >= 11 is 1.79. The topological polar surface area (TPSA) is 79.4 Å². The molecule has 0 bridgehead atoms. The Morgan fingerprint density at radius 2 is 2.04 bits per heavy atom. The van der Waals surface area contributed by atoms with Gasteiger partial charge < -0.3 is 14.8 Å². The van der Waals surface area contributed by atoms with Crippen molar-refractivity contribution in [3.8, 4) is 5.75 Å². The number of hydrogen-bond acceptors (Lipinski definition) is 5. The molecule has 0 amide bonds. The fourth-order valence-corrected chi connectivity index (χ4v) is 4.56. The number of rotatable bonds is 6. The third-order valence-electron chi connectivity index (χ3n) is 4.76. The van der Waals surface area contributed by atoms with Gasteiger partial charge in [-0.2, -0.15) is 0 Å². The van der Waals surface area contributed by atoms with E-state index in [9.17, 15) is 14.7 Å². The molecule has 0 radical (unpaired) electrons. The monoisotopic (exact) mass is 375 g/mol. The summed E-state index contributed by atoms with van der Waals surface area (Å²) in [5.41, 5.74) is -0.558. The van der Waals surface area contributed by atoms with Crippen molar-refractivity contribution < 1.29 is 14.6 Å². The van der Waals surface area contributed by atoms with Gasteiger partial charge in [0.2, 0.25) is 0 Å². The molecule has 0 aliphatic heterocycles. The maximum absolute atomic E-state index is 12.4. The van der Waals surface area contributed by atoms with E-state index < -0.39 is 5.97 Å². The van der Waals surface area contributed by atoms with Crippen molar-refractivity contribution in [1.29, 1.82) is 0 Å². The van der Waals surface area contributed by atoms with Crippen LogP contribution in [0.25, 0.3) is 10.8 Å². The minimum atomic E-state index is -0.699. The van der Waals surface area contributed by atoms with E-state index in [1.807, 2.05) is 13.0 Å². The summed E-state index contributed by atoms with van der Waals surface area (Å²) in [5, 5.41) is 11.8. The highest BCUT2D eigenvalue weighted by Gasteiger charge is 2.20. The Morgan fingerprint density at radius 3 is 2.77 bits per heavy atom. The van der Waals surface area contributed by atoms with Gasteiger partial charge >= 0.3 is 5.97 Å². The minimum Gasteiger partial charge on any atom is -0.505 e. The molecule has 1 aromatic heterocycles. The second kappa shape index (κ2) is 8.62. The number of carbonyl (C=O) groups is 1. The molecule has 1 saturated carbocycles. The molecule has 1 aromatic carbocycles. The van der Waals surface area contributed by atoms with Gasteiger partial charge in [-0.3, -0.25) is 4.79 Å². The summed E-state index contributed by atoms with van der Waals surface area (Å²) in [5.74, 6) is -0.925. The number of aromatic amines is 1. The fraction of sp³-hybridized carbons (Fsp3) is 0.500. The van der Waals surface area contributed by atoms with E-state index in [-0.39, 0.29) is 23.6 Å². The normalized spacial score (nSPS) is 15.3. The Morgan fingerprint density at radius 1 is 1.27 bits per heavy atom. The van der Waals surface area contributed by atoms with Crippen LogP contribution < -0.4 is 5.56 Å². The summed E-state index contributed by atoms with van der Waals surface area (Å²) in [6, 6.07) is 5.43. The zero-order valence-corrected chi connectivity index (χ0v) is 15.9. The molecule has 6 heteroatoms. The van der Waals surface area contributed by atoms with Gasteiger partial charge in [0.15, 0.2) is 11.4 Å². The highest BCUT2D eigenvalue weighted by molar-refractivity contribution is 8.00. The Bertz CT molecular complexity index is 840. The SMILES string of the molecule is CCCCOC(=O)c1[nH]c(=O)c2cc(SC3CCCCC3)ccc2c1O. The van der Waals surface area contributed by atoms with E-state index in [1.165, 1.54) is 32.1 Å². The van der Waals surface area contributed by atoms with Gasteiger partial charge in [-0.25, -0.2) is 4.79 Å². The Balaban J connectivity index is 1.86. The van der Waals surface area contributed by atoms with Crippen LogP contribution in [-0.4, -0.2) is 27.9 Å². The highest BCUT2D eigenvalue weighted by Crippen LogP contribution is 2.35. The first-order valence-electron chi connectivity index (χ1n) is 9.33. The van der Waals surface area contributed by atoms with Crippen LogP contribution in [0.1, 0.15) is 62.4 Å². The maximum Gasteiger partial charge on any atom is 0.358 e. The Labute approximate surface area is 157 Å². The lowest BCUT2D eigenvalue weighted by Crippen LogP contribution is -2.16. The number of carbonyl (C=O) groups excluding carboxylic acids is 1. The number of H-pyrrole nitrogens is 1. The quantitative estimate of drug-likeness (QED) is 0.569. The molecule has 1 aliphatic rings. The van der Waals surface area contributed by atoms with Crippen LogP contribution in [0.5, 0.6) is 5.75 Å². The molecule has 3 rings (SSSR count). The van der Waals surface area contributed by atoms with Gasteiger partial charge in [-0.15, -0.1) is 11.8 Å². The van der Waals surface area contributed by atoms with Crippen LogP contribution in [-0.2, 0) is 4.74 Å². The molecule has 1 aliphatic carbocycles. The van der Waals surface area contributed by atoms with E-state index in [2.05, 4.69) is 4.98 Å². The highest BCUT2D eigenvalue weighted by atomic mass is 32.2. The van der Waals surface area contributed by atoms with Gasteiger partial charge in [0.25, 0.3) is 5.56 Å². The summed E-state index contributed by atoms with van der Waals surface area (Å²) in [4.78, 5) is 28.1. The summed E-state index contributed by atoms with van der Waals surface area (Å²) in [6.45, 7) is 2.26. The van der Waals surface area contributed by atoms with E-state index in [0.717, 1.165) is 17.7 Å². The number of ether oxygens (including phenoxy) is 1. The predicted molar refractivity (Wildman–Crippen MR) is 104 cm³/mol. The van der Waals surface area contributed by atoms with Crippen LogP contribution in [0, 0.1) is 0 Å². The number of hydrogen-bond donors (Lipinski definition) is 2. The number of esters is 1. The van der Waals surface area contributed by atoms with Crippen molar-refractivity contribution >= 4 is 28.5 Å². The van der Waals surface area contributed by atoms with Crippen molar-refractivity contribution in [2.45, 2.75) is 62.0 Å². The van der Waals surface area contributed by atoms with Gasteiger partial charge in [-0.1, -0.05) is 32.6 Å². The molecular formula is C20H25NO4S. The Hall–Kier alpha value is -1.95. The number of pyridine rings is 1. The largest absolute Gasteiger partial charge is 0.505 e. The molecule has 1 heterocycles. The summed E-state index contributed by atoms with van der Waals surface area (Å²) in [7, 11) is 0. The first kappa shape index (κ1) is 18.8. The standard InChI is InChI=1S/C20H25NO4S/c1-2-3-11-25-20(24)17-18(22)15-10-9-14(12-16(15)19(23)21-17)26-13-7-5-4-6-8-13/h9-10,12-13,22H,2-8,11H2,1H3,(H,21,23). The number of thioether (sulfide) groups is 1. The van der Waals surface area contributed by atoms with Crippen LogP contribution in [0.3, 0.4) is 0 Å². The Kier molecular flexibility index (Phi) is 6.25. The van der Waals surface area contributed by atoms with Crippen molar-refractivity contribution in [3.63, 3.8) is 0 Å². The van der Waals surface area contributed by atoms with E-state index in [1.54, 1.807) is 23.9 Å². The van der Waals surface area contributed by atoms with Crippen molar-refractivity contribution in [1.82, 2.24) is 4.98 Å². The minimum absolute atomic E-state index is 0.175. The second-order valence-electron chi connectivity index (χ2n) is 6.75. The van der Waals surface area contributed by atoms with Gasteiger partial charge in [0.05, 0.1) is 12.0 Å². The van der Waals surface area contributed by atoms with Crippen LogP contribution in [0.4, 0.5) is 0 Å². The molecule has 1 fully saturated rings. The molecule has 0 atom stereocenters. The number of nitrogens with one attached hydrogen (secondary N) is 1. The summed E-state index contributed by atoms with van der Waals surface area (Å²) < 4.78 is 5.10. The summed E-state index contributed by atoms with van der Waals surface area (Å²) in [6.07, 6.45) is 7.87. The molecular weight excluding hydrogens is 350 g/mol. The second-order valence-corrected chi connectivity index (χ2v) is 8.13. The average molecular weight is 375 g/mol. The lowest BCUT2D eigenvalue weighted by molar-refractivity contribution is 0.0489. The molecule has 5 nitrogen and oxygen atoms in total. The number of fused-ring (bicyclic) bond motifs is 1. The van der Waals surface area contributed by atoms with Crippen LogP contribution in [0.15, 0.2) is 27.9 Å². The van der Waals surface area contributed by atoms with Gasteiger partial charge in [0.1, 0.15) is 0 Å². The molecule has 2 aromatic rings. The lowest BCUT2D eigenvalue weighted by atomic mass is 10.0. The molecule has 140 valence electrons. The van der Waals surface area contributed by atoms with Crippen molar-refractivity contribution in [2.75, 3.05) is 6.61 Å². The molecule has 0 spiro atoms. The third-order valence-corrected chi connectivity index (χ3v) is 6.09. The zero-order chi connectivity index (χ0) is 18.5. The zero-order valence-electron chi connectivity index (χ0n) is 15.0. The number of aromatic nitrogens is 1. The van der Waals surface area contributed by atoms with Gasteiger partial charge in [0, 0.05) is 15.5 Å². The molecule has 26 heavy (non-hydrogen) atoms. The smallest absolute Gasteiger partial charge is 0.358 e. The first-order valence-corrected chi connectivity index (χ1v) is 10.2. The predicted octanol–water partition coefficient (Wildman–Crippen LogP) is 4.62. The van der Waals surface area contributed by atoms with E-state index in [4.69, 9.17) is 4.74 Å². The van der Waals surface area contributed by atoms with Crippen molar-refractivity contribution in [2.24, 2.45) is 0 Å². The fourth-order valence-electron chi connectivity index (χ4n) is 3.27. The van der Waals surface area contributed by atoms with Crippen molar-refractivity contribution in [3.05, 3.63) is 34.2 Å². The molecule has 2 N–H and O–H groups in total. The van der Waals surface area contributed by atoms with Crippen LogP contribution >= 0.6 is 11.8 Å². The molecule has 0 unspecified atom stereocenters. The lowest BCUT2D eigenvalue weighted by Gasteiger charge is -2.21. The number of unbranched alkanes of at least 4 members (excludes halogenated alkanes) is 1. The van der Waals surface area contributed by atoms with Gasteiger partial charge in [-0.05, 0) is 37.5 Å². The first-order chi connectivity index (χ1) is 12.6.